The van der Waals surface area contributed by atoms with Crippen molar-refractivity contribution in [2.45, 2.75) is 42.8 Å². The van der Waals surface area contributed by atoms with E-state index in [1.807, 2.05) is 18.7 Å². The number of aromatic nitrogens is 2. The minimum absolute atomic E-state index is 0. The van der Waals surface area contributed by atoms with E-state index in [1.165, 1.54) is 16.7 Å². The van der Waals surface area contributed by atoms with E-state index in [1.54, 1.807) is 0 Å². The highest BCUT2D eigenvalue weighted by Crippen LogP contribution is 2.30. The van der Waals surface area contributed by atoms with Crippen LogP contribution in [-0.4, -0.2) is 86.6 Å². The fourth-order valence-corrected chi connectivity index (χ4v) is 5.57. The van der Waals surface area contributed by atoms with Crippen molar-refractivity contribution < 1.29 is 33.9 Å². The van der Waals surface area contributed by atoms with Gasteiger partial charge in [0.25, 0.3) is 11.8 Å². The highest BCUT2D eigenvalue weighted by atomic mass is 32.2. The predicted octanol–water partition coefficient (Wildman–Crippen LogP) is 1.61. The van der Waals surface area contributed by atoms with E-state index >= 15 is 0 Å². The monoisotopic (exact) mass is 521 g/mol. The number of nitrogens with zero attached hydrogens (tertiary/aromatic N) is 3. The molecule has 2 aliphatic rings. The number of imidazole rings is 1. The zero-order valence-corrected chi connectivity index (χ0v) is 19.8. The number of rotatable bonds is 7. The largest absolute Gasteiger partial charge is 0.416 e. The lowest BCUT2D eigenvalue weighted by molar-refractivity contribution is -0.0725. The van der Waals surface area contributed by atoms with Crippen molar-refractivity contribution in [3.8, 4) is 0 Å². The predicted molar refractivity (Wildman–Crippen MR) is 125 cm³/mol. The first kappa shape index (κ1) is 25.3. The van der Waals surface area contributed by atoms with Gasteiger partial charge in [-0.15, -0.1) is 0 Å². The van der Waals surface area contributed by atoms with Gasteiger partial charge in [0.15, 0.2) is 0 Å². The van der Waals surface area contributed by atoms with Crippen LogP contribution in [0.2, 0.25) is 0 Å². The van der Waals surface area contributed by atoms with Gasteiger partial charge in [-0.05, 0) is 19.9 Å². The van der Waals surface area contributed by atoms with E-state index in [-0.39, 0.29) is 38.9 Å². The maximum absolute atomic E-state index is 13.6. The number of halogens is 3. The second-order valence-electron chi connectivity index (χ2n) is 8.88. The second kappa shape index (κ2) is 9.37. The van der Waals surface area contributed by atoms with E-state index < -0.39 is 40.5 Å². The summed E-state index contributed by atoms with van der Waals surface area (Å²) in [4.78, 5) is 5.79. The first-order valence-electron chi connectivity index (χ1n) is 10.8. The molecule has 4 rings (SSSR count). The molecule has 11 nitrogen and oxygen atoms in total. The summed E-state index contributed by atoms with van der Waals surface area (Å²) in [6, 6.07) is 1.59. The molecule has 196 valence electrons. The summed E-state index contributed by atoms with van der Waals surface area (Å²) < 4.78 is 78.8. The number of anilines is 1. The Bertz CT molecular complexity index is 1240. The average molecular weight is 522 g/mol. The number of hydrogen-bond acceptors (Lipinski definition) is 9. The van der Waals surface area contributed by atoms with E-state index in [4.69, 9.17) is 15.6 Å². The molecule has 4 N–H and O–H groups in total. The fourth-order valence-electron chi connectivity index (χ4n) is 4.20. The number of piperazine rings is 1. The summed E-state index contributed by atoms with van der Waals surface area (Å²) in [5, 5.41) is 18.6. The van der Waals surface area contributed by atoms with Gasteiger partial charge in [-0.1, -0.05) is 0 Å². The van der Waals surface area contributed by atoms with Gasteiger partial charge < -0.3 is 19.7 Å². The average Bonchev–Trinajstić information content (AvgIpc) is 3.19. The summed E-state index contributed by atoms with van der Waals surface area (Å²) in [5.41, 5.74) is -0.488. The van der Waals surface area contributed by atoms with Gasteiger partial charge in [0.1, 0.15) is 17.1 Å². The molecule has 0 aliphatic carbocycles. The number of pyridine rings is 1. The van der Waals surface area contributed by atoms with E-state index in [0.717, 1.165) is 6.20 Å². The topological polar surface area (TPSA) is 145 Å². The standard InChI is InChI=1S/C20H26F3N7O4S.2H2/c1-11-5-29(6-12(2)27-11)14-3-13(35(31,32)28-20(8-21)9-33-10-20)7-30-15(14)4-26-19(30)18(25)34-17(24)16(22)23;;/h3-4,7,11-12,16,24-25,27-28H,5-6,8-10H2,1-2H3;2*1H/t11-,12-;;/m0../s1. The Morgan fingerprint density at radius 3 is 2.57 bits per heavy atom. The molecule has 0 bridgehead atoms. The van der Waals surface area contributed by atoms with Gasteiger partial charge in [0.2, 0.25) is 15.8 Å². The Labute approximate surface area is 202 Å². The van der Waals surface area contributed by atoms with E-state index in [2.05, 4.69) is 19.8 Å². The first-order valence-corrected chi connectivity index (χ1v) is 12.3. The normalized spacial score (nSPS) is 22.3. The molecule has 2 atom stereocenters. The third-order valence-electron chi connectivity index (χ3n) is 5.78. The summed E-state index contributed by atoms with van der Waals surface area (Å²) >= 11 is 0. The van der Waals surface area contributed by atoms with Crippen LogP contribution >= 0.6 is 0 Å². The molecule has 2 aliphatic heterocycles. The molecular weight excluding hydrogens is 491 g/mol. The number of alkyl halides is 3. The zero-order chi connectivity index (χ0) is 25.5. The summed E-state index contributed by atoms with van der Waals surface area (Å²) in [6.45, 7) is 3.83. The van der Waals surface area contributed by atoms with Crippen molar-refractivity contribution in [3.63, 3.8) is 0 Å². The van der Waals surface area contributed by atoms with Gasteiger partial charge in [-0.25, -0.2) is 17.8 Å². The van der Waals surface area contributed by atoms with Crippen LogP contribution in [-0.2, 0) is 19.5 Å². The van der Waals surface area contributed by atoms with Crippen molar-refractivity contribution in [2.75, 3.05) is 37.9 Å². The number of ether oxygens (including phenoxy) is 2. The Balaban J connectivity index is 0.00000241. The Morgan fingerprint density at radius 1 is 1.37 bits per heavy atom. The zero-order valence-electron chi connectivity index (χ0n) is 19.0. The van der Waals surface area contributed by atoms with Crippen LogP contribution < -0.4 is 14.9 Å². The van der Waals surface area contributed by atoms with Crippen molar-refractivity contribution in [1.29, 1.82) is 10.8 Å². The lowest BCUT2D eigenvalue weighted by Crippen LogP contribution is -2.63. The second-order valence-corrected chi connectivity index (χ2v) is 10.6. The van der Waals surface area contributed by atoms with Crippen molar-refractivity contribution in [1.82, 2.24) is 19.4 Å². The van der Waals surface area contributed by atoms with Crippen LogP contribution in [0.25, 0.3) is 5.52 Å². The Hall–Kier alpha value is -2.75. The van der Waals surface area contributed by atoms with Gasteiger partial charge in [-0.3, -0.25) is 15.2 Å². The maximum Gasteiger partial charge on any atom is 0.312 e. The fraction of sp³-hybridized carbons (Fsp3) is 0.550. The van der Waals surface area contributed by atoms with Crippen LogP contribution in [0.1, 0.15) is 22.5 Å². The van der Waals surface area contributed by atoms with E-state index in [9.17, 15) is 21.6 Å². The van der Waals surface area contributed by atoms with Gasteiger partial charge in [0.05, 0.1) is 30.6 Å². The number of sulfonamides is 1. The molecule has 2 saturated heterocycles. The molecule has 0 spiro atoms. The highest BCUT2D eigenvalue weighted by Gasteiger charge is 2.43. The molecule has 0 radical (unpaired) electrons. The first-order chi connectivity index (χ1) is 16.4. The Morgan fingerprint density at radius 2 is 2.03 bits per heavy atom. The van der Waals surface area contributed by atoms with Crippen LogP contribution in [0.4, 0.5) is 18.9 Å². The van der Waals surface area contributed by atoms with Crippen molar-refractivity contribution in [3.05, 3.63) is 24.3 Å². The maximum atomic E-state index is 13.6. The summed E-state index contributed by atoms with van der Waals surface area (Å²) in [7, 11) is -4.26. The van der Waals surface area contributed by atoms with Gasteiger partial charge in [-0.2, -0.15) is 13.5 Å². The molecule has 2 fully saturated rings. The molecule has 35 heavy (non-hydrogen) atoms. The van der Waals surface area contributed by atoms with Gasteiger partial charge in [0, 0.05) is 34.2 Å². The van der Waals surface area contributed by atoms with Crippen molar-refractivity contribution in [2.24, 2.45) is 0 Å². The number of nitrogens with one attached hydrogen (secondary N) is 4. The molecule has 0 unspecified atom stereocenters. The minimum Gasteiger partial charge on any atom is -0.416 e. The number of fused-ring (bicyclic) bond motifs is 1. The number of hydrogen-bond donors (Lipinski definition) is 4. The molecule has 0 saturated carbocycles. The lowest BCUT2D eigenvalue weighted by Gasteiger charge is -2.39. The van der Waals surface area contributed by atoms with Crippen LogP contribution in [0.15, 0.2) is 23.4 Å². The molecule has 2 aromatic rings. The third-order valence-corrected chi connectivity index (χ3v) is 7.33. The third kappa shape index (κ3) is 4.98. The van der Waals surface area contributed by atoms with Crippen LogP contribution in [0.3, 0.4) is 0 Å². The molecule has 2 aromatic heterocycles. The van der Waals surface area contributed by atoms with Gasteiger partial charge >= 0.3 is 6.43 Å². The minimum atomic E-state index is -4.26. The summed E-state index contributed by atoms with van der Waals surface area (Å²) in [5.74, 6) is -2.55. The molecule has 0 aromatic carbocycles. The highest BCUT2D eigenvalue weighted by molar-refractivity contribution is 7.89. The molecular formula is C20H30F3N7O4S. The Kier molecular flexibility index (Phi) is 6.78. The lowest BCUT2D eigenvalue weighted by atomic mass is 10.0. The van der Waals surface area contributed by atoms with Crippen LogP contribution in [0.5, 0.6) is 0 Å². The molecule has 15 heteroatoms. The molecule has 0 amide bonds. The quantitative estimate of drug-likeness (QED) is 0.320. The summed E-state index contributed by atoms with van der Waals surface area (Å²) in [6.07, 6.45) is -0.699. The van der Waals surface area contributed by atoms with Crippen molar-refractivity contribution >= 4 is 33.0 Å². The molecule has 4 heterocycles. The van der Waals surface area contributed by atoms with E-state index in [0.29, 0.717) is 24.3 Å². The smallest absolute Gasteiger partial charge is 0.312 e. The SMILES string of the molecule is C[C@H]1CN(c2cc(S(=O)(=O)NC3(CF)COC3)cn3c(C(=N)OC(=N)C(F)F)ncc23)C[C@H](C)N1.[HH].[HH]. The van der Waals surface area contributed by atoms with Crippen LogP contribution in [0, 0.1) is 10.8 Å².